The molecule has 0 aromatic heterocycles. The van der Waals surface area contributed by atoms with Gasteiger partial charge < -0.3 is 19.5 Å². The van der Waals surface area contributed by atoms with E-state index in [9.17, 15) is 18.3 Å². The van der Waals surface area contributed by atoms with Crippen molar-refractivity contribution in [3.63, 3.8) is 0 Å². The first-order valence-electron chi connectivity index (χ1n) is 15.5. The fourth-order valence-electron chi connectivity index (χ4n) is 7.32. The second-order valence-electron chi connectivity index (χ2n) is 12.5. The molecule has 2 aromatic rings. The van der Waals surface area contributed by atoms with Crippen LogP contribution < -0.4 is 14.4 Å². The highest BCUT2D eigenvalue weighted by Crippen LogP contribution is 2.46. The SMILES string of the molecule is CCOC[C@@H]1CC/C=C\[C@H](O)[C@@H]2CC[C@H]2CN2C[C@@]3(CCCc4cc(Cl)ccc43)COc3ccc(cc32)C(=O)NS1(=O)=O. The largest absolute Gasteiger partial charge is 0.490 e. The smallest absolute Gasteiger partial charge is 0.264 e. The Labute approximate surface area is 259 Å². The number of nitrogens with one attached hydrogen (secondary N) is 1. The van der Waals surface area contributed by atoms with Gasteiger partial charge in [-0.2, -0.15) is 0 Å². The number of halogens is 1. The molecule has 2 N–H and O–H groups in total. The van der Waals surface area contributed by atoms with E-state index >= 15 is 0 Å². The van der Waals surface area contributed by atoms with Crippen molar-refractivity contribution in [1.82, 2.24) is 4.72 Å². The highest BCUT2D eigenvalue weighted by molar-refractivity contribution is 7.90. The Balaban J connectivity index is 1.40. The first-order chi connectivity index (χ1) is 20.7. The Morgan fingerprint density at radius 2 is 2.05 bits per heavy atom. The number of carbonyl (C=O) groups is 1. The van der Waals surface area contributed by atoms with Crippen molar-refractivity contribution in [1.29, 1.82) is 0 Å². The predicted octanol–water partition coefficient (Wildman–Crippen LogP) is 5.01. The van der Waals surface area contributed by atoms with Gasteiger partial charge in [0.1, 0.15) is 11.0 Å². The van der Waals surface area contributed by atoms with E-state index in [1.807, 2.05) is 18.2 Å². The molecule has 2 aliphatic heterocycles. The van der Waals surface area contributed by atoms with Crippen molar-refractivity contribution in [2.45, 2.75) is 68.6 Å². The highest BCUT2D eigenvalue weighted by Gasteiger charge is 2.44. The number of hydrogen-bond acceptors (Lipinski definition) is 7. The lowest BCUT2D eigenvalue weighted by Gasteiger charge is -2.45. The summed E-state index contributed by atoms with van der Waals surface area (Å²) in [7, 11) is -4.02. The van der Waals surface area contributed by atoms with Gasteiger partial charge in [-0.1, -0.05) is 29.8 Å². The van der Waals surface area contributed by atoms with Crippen LogP contribution in [0, 0.1) is 11.8 Å². The predicted molar refractivity (Wildman–Crippen MR) is 167 cm³/mol. The number of aliphatic hydroxyl groups is 1. The number of sulfonamides is 1. The zero-order valence-electron chi connectivity index (χ0n) is 24.6. The summed E-state index contributed by atoms with van der Waals surface area (Å²) in [5.41, 5.74) is 3.26. The molecular formula is C33H41ClN2O6S. The maximum Gasteiger partial charge on any atom is 0.264 e. The number of nitrogens with zero attached hydrogens (tertiary/aromatic N) is 1. The van der Waals surface area contributed by atoms with E-state index in [-0.39, 0.29) is 35.8 Å². The normalized spacial score (nSPS) is 31.0. The van der Waals surface area contributed by atoms with E-state index in [4.69, 9.17) is 21.1 Å². The average molecular weight is 629 g/mol. The van der Waals surface area contributed by atoms with Crippen LogP contribution in [0.2, 0.25) is 5.02 Å². The Hall–Kier alpha value is -2.59. The third kappa shape index (κ3) is 6.19. The van der Waals surface area contributed by atoms with Gasteiger partial charge in [0.2, 0.25) is 10.0 Å². The summed E-state index contributed by atoms with van der Waals surface area (Å²) < 4.78 is 41.0. The summed E-state index contributed by atoms with van der Waals surface area (Å²) in [5, 5.41) is 11.0. The minimum absolute atomic E-state index is 0.0131. The fraction of sp³-hybridized carbons (Fsp3) is 0.545. The molecule has 1 fully saturated rings. The number of aliphatic hydroxyl groups excluding tert-OH is 1. The number of allylic oxidation sites excluding steroid dienone is 1. The van der Waals surface area contributed by atoms with Crippen molar-refractivity contribution in [3.05, 3.63) is 70.3 Å². The molecule has 2 heterocycles. The summed E-state index contributed by atoms with van der Waals surface area (Å²) in [4.78, 5) is 15.7. The molecule has 0 radical (unpaired) electrons. The number of rotatable bonds is 3. The topological polar surface area (TPSA) is 105 Å². The highest BCUT2D eigenvalue weighted by atomic mass is 35.5. The van der Waals surface area contributed by atoms with Gasteiger partial charge in [0.05, 0.1) is 25.0 Å². The second-order valence-corrected chi connectivity index (χ2v) is 14.9. The Bertz CT molecular complexity index is 1500. The van der Waals surface area contributed by atoms with Crippen molar-refractivity contribution in [3.8, 4) is 5.75 Å². The molecule has 6 rings (SSSR count). The maximum absolute atomic E-state index is 13.4. The van der Waals surface area contributed by atoms with Gasteiger partial charge in [0, 0.05) is 35.7 Å². The summed E-state index contributed by atoms with van der Waals surface area (Å²) in [5.74, 6) is 0.386. The van der Waals surface area contributed by atoms with E-state index < -0.39 is 27.3 Å². The number of anilines is 1. The Morgan fingerprint density at radius 3 is 2.84 bits per heavy atom. The van der Waals surface area contributed by atoms with E-state index in [0.29, 0.717) is 38.5 Å². The first kappa shape index (κ1) is 30.4. The van der Waals surface area contributed by atoms with Crippen LogP contribution in [0.15, 0.2) is 48.6 Å². The molecule has 43 heavy (non-hydrogen) atoms. The molecule has 1 saturated carbocycles. The summed E-state index contributed by atoms with van der Waals surface area (Å²) in [6.45, 7) is 4.04. The summed E-state index contributed by atoms with van der Waals surface area (Å²) in [6.07, 6.45) is 8.69. The van der Waals surface area contributed by atoms with Crippen LogP contribution in [0.25, 0.3) is 0 Å². The van der Waals surface area contributed by atoms with Gasteiger partial charge in [0.25, 0.3) is 5.91 Å². The van der Waals surface area contributed by atoms with Crippen LogP contribution in [0.3, 0.4) is 0 Å². The van der Waals surface area contributed by atoms with Crippen LogP contribution in [0.5, 0.6) is 5.75 Å². The molecule has 2 bridgehead atoms. The number of aryl methyl sites for hydroxylation is 1. The lowest BCUT2D eigenvalue weighted by molar-refractivity contribution is 0.0456. The van der Waals surface area contributed by atoms with Gasteiger partial charge in [-0.05, 0) is 105 Å². The lowest BCUT2D eigenvalue weighted by atomic mass is 9.68. The van der Waals surface area contributed by atoms with Crippen molar-refractivity contribution < 1.29 is 27.8 Å². The molecule has 2 aliphatic carbocycles. The minimum Gasteiger partial charge on any atom is -0.490 e. The monoisotopic (exact) mass is 628 g/mol. The molecule has 0 saturated heterocycles. The third-order valence-electron chi connectivity index (χ3n) is 9.84. The van der Waals surface area contributed by atoms with E-state index in [1.54, 1.807) is 25.1 Å². The molecule has 2 aromatic carbocycles. The molecule has 5 atom stereocenters. The molecular weight excluding hydrogens is 588 g/mol. The maximum atomic E-state index is 13.4. The zero-order valence-corrected chi connectivity index (χ0v) is 26.2. The number of amides is 1. The third-order valence-corrected chi connectivity index (χ3v) is 11.8. The fourth-order valence-corrected chi connectivity index (χ4v) is 8.78. The van der Waals surface area contributed by atoms with Gasteiger partial charge in [-0.15, -0.1) is 0 Å². The number of benzene rings is 2. The van der Waals surface area contributed by atoms with E-state index in [0.717, 1.165) is 42.8 Å². The van der Waals surface area contributed by atoms with Gasteiger partial charge in [-0.3, -0.25) is 4.79 Å². The van der Waals surface area contributed by atoms with Gasteiger partial charge in [-0.25, -0.2) is 13.1 Å². The molecule has 232 valence electrons. The van der Waals surface area contributed by atoms with E-state index in [1.165, 1.54) is 11.1 Å². The summed E-state index contributed by atoms with van der Waals surface area (Å²) in [6, 6.07) is 11.3. The van der Waals surface area contributed by atoms with Gasteiger partial charge in [0.15, 0.2) is 0 Å². The Morgan fingerprint density at radius 1 is 1.19 bits per heavy atom. The number of hydrogen-bond donors (Lipinski definition) is 2. The zero-order chi connectivity index (χ0) is 30.2. The number of ether oxygens (including phenoxy) is 2. The van der Waals surface area contributed by atoms with Gasteiger partial charge >= 0.3 is 0 Å². The second kappa shape index (κ2) is 12.4. The molecule has 1 spiro atoms. The van der Waals surface area contributed by atoms with Crippen molar-refractivity contribution in [2.75, 3.05) is 37.8 Å². The molecule has 10 heteroatoms. The van der Waals surface area contributed by atoms with Crippen molar-refractivity contribution in [2.24, 2.45) is 11.8 Å². The minimum atomic E-state index is -4.02. The summed E-state index contributed by atoms with van der Waals surface area (Å²) >= 11 is 6.39. The quantitative estimate of drug-likeness (QED) is 0.460. The first-order valence-corrected chi connectivity index (χ1v) is 17.4. The average Bonchev–Trinajstić information content (AvgIpc) is 3.11. The number of fused-ring (bicyclic) bond motifs is 4. The molecule has 1 amide bonds. The van der Waals surface area contributed by atoms with Crippen LogP contribution >= 0.6 is 11.6 Å². The van der Waals surface area contributed by atoms with Crippen LogP contribution in [0.4, 0.5) is 5.69 Å². The molecule has 4 aliphatic rings. The van der Waals surface area contributed by atoms with Crippen LogP contribution in [-0.4, -0.2) is 63.7 Å². The lowest BCUT2D eigenvalue weighted by Crippen LogP contribution is -2.49. The molecule has 8 nitrogen and oxygen atoms in total. The van der Waals surface area contributed by atoms with Crippen LogP contribution in [0.1, 0.15) is 66.9 Å². The standard InChI is InChI=1S/C33H41ClN2O6S/c1-2-41-19-26-7-3-4-8-30(37)27-12-9-24(27)18-36-20-33(15-5-6-22-16-25(34)11-13-28(22)33)21-42-31-14-10-23(17-29(31)36)32(38)35-43(26,39)40/h4,8,10-11,13-14,16-17,24,26-27,30,37H,2-3,5-7,9,12,15,18-21H2,1H3,(H,35,38)/b8-4-/t24-,26-,27+,30-,33-/m0/s1. The Kier molecular flexibility index (Phi) is 8.79. The van der Waals surface area contributed by atoms with Crippen LogP contribution in [-0.2, 0) is 26.6 Å². The molecule has 0 unspecified atom stereocenters. The van der Waals surface area contributed by atoms with Crippen molar-refractivity contribution >= 4 is 33.2 Å². The number of carbonyl (C=O) groups excluding carboxylic acids is 1. The van der Waals surface area contributed by atoms with E-state index in [2.05, 4.69) is 21.8 Å².